The van der Waals surface area contributed by atoms with Crippen LogP contribution in [0.3, 0.4) is 0 Å². The molecule has 0 saturated carbocycles. The summed E-state index contributed by atoms with van der Waals surface area (Å²) < 4.78 is 21.1. The fraction of sp³-hybridized carbons (Fsp3) is 0.130. The van der Waals surface area contributed by atoms with Gasteiger partial charge in [-0.1, -0.05) is 53.7 Å². The molecule has 0 bridgehead atoms. The molecule has 1 aromatic heterocycles. The van der Waals surface area contributed by atoms with E-state index in [1.807, 2.05) is 47.0 Å². The van der Waals surface area contributed by atoms with Crippen molar-refractivity contribution in [2.75, 3.05) is 7.11 Å². The number of hydrogen-bond acceptors (Lipinski definition) is 4. The highest BCUT2D eigenvalue weighted by Crippen LogP contribution is 2.34. The molecule has 1 heterocycles. The summed E-state index contributed by atoms with van der Waals surface area (Å²) in [5.41, 5.74) is 3.89. The normalized spacial score (nSPS) is 10.9. The number of methoxy groups -OCH3 is 1. The molecule has 0 unspecified atom stereocenters. The molecule has 4 aromatic rings. The smallest absolute Gasteiger partial charge is 0.196 e. The van der Waals surface area contributed by atoms with E-state index in [4.69, 9.17) is 4.74 Å². The summed E-state index contributed by atoms with van der Waals surface area (Å²) in [6, 6.07) is 22.6. The molecule has 4 rings (SSSR count). The van der Waals surface area contributed by atoms with Crippen LogP contribution < -0.4 is 4.74 Å². The standard InChI is InChI=1S/C23H20FN3OS/c1-16-10-12-19(13-11-16)27-22(20-8-3-4-9-21(20)28-2)25-26-23(27)29-15-17-6-5-7-18(24)14-17/h3-14H,15H2,1-2H3. The van der Waals surface area contributed by atoms with Crippen LogP contribution in [0.4, 0.5) is 4.39 Å². The van der Waals surface area contributed by atoms with Crippen LogP contribution in [-0.4, -0.2) is 21.9 Å². The Balaban J connectivity index is 1.77. The summed E-state index contributed by atoms with van der Waals surface area (Å²) in [6.45, 7) is 2.05. The molecular formula is C23H20FN3OS. The molecule has 0 aliphatic heterocycles. The quantitative estimate of drug-likeness (QED) is 0.387. The Morgan fingerprint density at radius 1 is 0.966 bits per heavy atom. The van der Waals surface area contributed by atoms with Crippen LogP contribution in [-0.2, 0) is 5.75 Å². The molecule has 0 atom stereocenters. The van der Waals surface area contributed by atoms with Gasteiger partial charge in [-0.15, -0.1) is 10.2 Å². The molecule has 0 aliphatic rings. The summed E-state index contributed by atoms with van der Waals surface area (Å²) in [4.78, 5) is 0. The zero-order valence-electron chi connectivity index (χ0n) is 16.2. The Hall–Kier alpha value is -3.12. The van der Waals surface area contributed by atoms with Gasteiger partial charge in [-0.3, -0.25) is 4.57 Å². The van der Waals surface area contributed by atoms with Crippen LogP contribution in [0.5, 0.6) is 5.75 Å². The average Bonchev–Trinajstić information content (AvgIpc) is 3.16. The molecule has 0 saturated heterocycles. The van der Waals surface area contributed by atoms with Crippen molar-refractivity contribution in [3.05, 3.63) is 89.7 Å². The first-order valence-electron chi connectivity index (χ1n) is 9.19. The molecular weight excluding hydrogens is 385 g/mol. The molecule has 0 radical (unpaired) electrons. The molecule has 0 aliphatic carbocycles. The van der Waals surface area contributed by atoms with Crippen LogP contribution in [0.2, 0.25) is 0 Å². The third-order valence-electron chi connectivity index (χ3n) is 4.53. The van der Waals surface area contributed by atoms with Crippen molar-refractivity contribution in [2.24, 2.45) is 0 Å². The van der Waals surface area contributed by atoms with E-state index in [1.165, 1.54) is 23.4 Å². The van der Waals surface area contributed by atoms with Crippen molar-refractivity contribution >= 4 is 11.8 Å². The predicted molar refractivity (Wildman–Crippen MR) is 114 cm³/mol. The van der Waals surface area contributed by atoms with Gasteiger partial charge in [0.05, 0.1) is 12.7 Å². The van der Waals surface area contributed by atoms with E-state index < -0.39 is 0 Å². The first-order valence-corrected chi connectivity index (χ1v) is 10.2. The van der Waals surface area contributed by atoms with Gasteiger partial charge in [0.15, 0.2) is 11.0 Å². The lowest BCUT2D eigenvalue weighted by Crippen LogP contribution is -2.01. The zero-order valence-corrected chi connectivity index (χ0v) is 17.0. The van der Waals surface area contributed by atoms with Crippen molar-refractivity contribution in [1.29, 1.82) is 0 Å². The number of rotatable bonds is 6. The van der Waals surface area contributed by atoms with Crippen molar-refractivity contribution < 1.29 is 9.13 Å². The lowest BCUT2D eigenvalue weighted by molar-refractivity contribution is 0.416. The molecule has 3 aromatic carbocycles. The molecule has 0 N–H and O–H groups in total. The van der Waals surface area contributed by atoms with Crippen molar-refractivity contribution in [2.45, 2.75) is 17.8 Å². The number of halogens is 1. The third kappa shape index (κ3) is 4.17. The van der Waals surface area contributed by atoms with Gasteiger partial charge in [0.2, 0.25) is 0 Å². The SMILES string of the molecule is COc1ccccc1-c1nnc(SCc2cccc(F)c2)n1-c1ccc(C)cc1. The molecule has 6 heteroatoms. The highest BCUT2D eigenvalue weighted by molar-refractivity contribution is 7.98. The number of aryl methyl sites for hydroxylation is 1. The number of para-hydroxylation sites is 1. The number of ether oxygens (including phenoxy) is 1. The maximum absolute atomic E-state index is 13.5. The Labute approximate surface area is 173 Å². The average molecular weight is 405 g/mol. The van der Waals surface area contributed by atoms with Crippen LogP contribution in [0.25, 0.3) is 17.1 Å². The van der Waals surface area contributed by atoms with E-state index in [1.54, 1.807) is 19.2 Å². The van der Waals surface area contributed by atoms with Gasteiger partial charge < -0.3 is 4.74 Å². The van der Waals surface area contributed by atoms with Gasteiger partial charge in [-0.2, -0.15) is 0 Å². The Morgan fingerprint density at radius 3 is 2.52 bits per heavy atom. The second-order valence-electron chi connectivity index (χ2n) is 6.60. The van der Waals surface area contributed by atoms with Crippen LogP contribution in [0.1, 0.15) is 11.1 Å². The number of benzene rings is 3. The van der Waals surface area contributed by atoms with E-state index in [0.717, 1.165) is 27.7 Å². The monoisotopic (exact) mass is 405 g/mol. The number of aromatic nitrogens is 3. The third-order valence-corrected chi connectivity index (χ3v) is 5.53. The minimum Gasteiger partial charge on any atom is -0.496 e. The highest BCUT2D eigenvalue weighted by atomic mass is 32.2. The fourth-order valence-corrected chi connectivity index (χ4v) is 3.96. The van der Waals surface area contributed by atoms with Crippen LogP contribution in [0.15, 0.2) is 78.0 Å². The van der Waals surface area contributed by atoms with E-state index in [9.17, 15) is 4.39 Å². The Kier molecular flexibility index (Phi) is 5.62. The maximum atomic E-state index is 13.5. The second kappa shape index (κ2) is 8.49. The van der Waals surface area contributed by atoms with Crippen molar-refractivity contribution in [1.82, 2.24) is 14.8 Å². The summed E-state index contributed by atoms with van der Waals surface area (Å²) in [5, 5.41) is 9.63. The van der Waals surface area contributed by atoms with Crippen LogP contribution in [0, 0.1) is 12.7 Å². The zero-order chi connectivity index (χ0) is 20.2. The van der Waals surface area contributed by atoms with Gasteiger partial charge in [0, 0.05) is 11.4 Å². The molecule has 0 amide bonds. The molecule has 146 valence electrons. The van der Waals surface area contributed by atoms with Gasteiger partial charge in [0.1, 0.15) is 11.6 Å². The second-order valence-corrected chi connectivity index (χ2v) is 7.54. The number of hydrogen-bond donors (Lipinski definition) is 0. The first kappa shape index (κ1) is 19.2. The van der Waals surface area contributed by atoms with E-state index in [2.05, 4.69) is 29.3 Å². The van der Waals surface area contributed by atoms with Crippen molar-refractivity contribution in [3.8, 4) is 22.8 Å². The minimum atomic E-state index is -0.238. The molecule has 4 nitrogen and oxygen atoms in total. The maximum Gasteiger partial charge on any atom is 0.196 e. The lowest BCUT2D eigenvalue weighted by Gasteiger charge is -2.12. The van der Waals surface area contributed by atoms with E-state index >= 15 is 0 Å². The predicted octanol–water partition coefficient (Wildman–Crippen LogP) is 5.68. The molecule has 29 heavy (non-hydrogen) atoms. The lowest BCUT2D eigenvalue weighted by atomic mass is 10.1. The summed E-state index contributed by atoms with van der Waals surface area (Å²) in [5.74, 6) is 1.79. The number of nitrogens with zero attached hydrogens (tertiary/aromatic N) is 3. The minimum absolute atomic E-state index is 0.238. The first-order chi connectivity index (χ1) is 14.2. The van der Waals surface area contributed by atoms with Crippen LogP contribution >= 0.6 is 11.8 Å². The van der Waals surface area contributed by atoms with E-state index in [0.29, 0.717) is 11.6 Å². The largest absolute Gasteiger partial charge is 0.496 e. The Bertz CT molecular complexity index is 1130. The summed E-state index contributed by atoms with van der Waals surface area (Å²) in [6.07, 6.45) is 0. The van der Waals surface area contributed by atoms with E-state index in [-0.39, 0.29) is 5.82 Å². The van der Waals surface area contributed by atoms with Gasteiger partial charge in [0.25, 0.3) is 0 Å². The van der Waals surface area contributed by atoms with Gasteiger partial charge >= 0.3 is 0 Å². The Morgan fingerprint density at radius 2 is 1.76 bits per heavy atom. The van der Waals surface area contributed by atoms with Crippen molar-refractivity contribution in [3.63, 3.8) is 0 Å². The fourth-order valence-electron chi connectivity index (χ4n) is 3.07. The molecule has 0 fully saturated rings. The molecule has 0 spiro atoms. The number of thioether (sulfide) groups is 1. The van der Waals surface area contributed by atoms with Gasteiger partial charge in [-0.25, -0.2) is 4.39 Å². The van der Waals surface area contributed by atoms with Gasteiger partial charge in [-0.05, 0) is 48.9 Å². The highest BCUT2D eigenvalue weighted by Gasteiger charge is 2.19. The summed E-state index contributed by atoms with van der Waals surface area (Å²) in [7, 11) is 1.64. The summed E-state index contributed by atoms with van der Waals surface area (Å²) >= 11 is 1.52. The topological polar surface area (TPSA) is 39.9 Å².